The van der Waals surface area contributed by atoms with Gasteiger partial charge in [-0.25, -0.2) is 4.39 Å². The summed E-state index contributed by atoms with van der Waals surface area (Å²) < 4.78 is 20.9. The van der Waals surface area contributed by atoms with E-state index in [4.69, 9.17) is 4.74 Å². The first-order valence-corrected chi connectivity index (χ1v) is 14.2. The minimum absolute atomic E-state index is 0.000161. The molecule has 0 atom stereocenters. The molecule has 1 N–H and O–H groups in total. The molecule has 0 spiro atoms. The van der Waals surface area contributed by atoms with Crippen molar-refractivity contribution in [2.24, 2.45) is 0 Å². The van der Waals surface area contributed by atoms with Crippen LogP contribution in [0.4, 0.5) is 4.39 Å². The topological polar surface area (TPSA) is 83.9 Å². The summed E-state index contributed by atoms with van der Waals surface area (Å²) in [7, 11) is 0. The summed E-state index contributed by atoms with van der Waals surface area (Å²) in [5, 5.41) is 9.35. The van der Waals surface area contributed by atoms with Crippen molar-refractivity contribution in [2.45, 2.75) is 57.5 Å². The predicted octanol–water partition coefficient (Wildman–Crippen LogP) is 6.82. The van der Waals surface area contributed by atoms with E-state index in [0.717, 1.165) is 17.0 Å². The lowest BCUT2D eigenvalue weighted by Gasteiger charge is -2.44. The number of carbonyl (C=O) groups is 3. The van der Waals surface area contributed by atoms with E-state index in [-0.39, 0.29) is 37.0 Å². The average molecular weight is 647 g/mol. The lowest BCUT2D eigenvalue weighted by Crippen LogP contribution is -2.39. The van der Waals surface area contributed by atoms with Crippen LogP contribution in [0.15, 0.2) is 67.9 Å². The molecular weight excluding hydrogens is 621 g/mol. The van der Waals surface area contributed by atoms with Crippen molar-refractivity contribution < 1.29 is 28.6 Å². The first-order chi connectivity index (χ1) is 18.2. The zero-order valence-electron chi connectivity index (χ0n) is 20.6. The number of carbonyl (C=O) groups excluding carboxylic acids is 2. The van der Waals surface area contributed by atoms with Crippen LogP contribution in [0.3, 0.4) is 0 Å². The van der Waals surface area contributed by atoms with E-state index in [9.17, 15) is 23.9 Å². The molecule has 9 heteroatoms. The van der Waals surface area contributed by atoms with Gasteiger partial charge in [0.1, 0.15) is 18.2 Å². The van der Waals surface area contributed by atoms with Crippen molar-refractivity contribution in [3.63, 3.8) is 0 Å². The maximum atomic E-state index is 13.6. The second-order valence-electron chi connectivity index (χ2n) is 9.73. The highest BCUT2D eigenvalue weighted by molar-refractivity contribution is 9.11. The van der Waals surface area contributed by atoms with Crippen LogP contribution in [0.2, 0.25) is 0 Å². The third-order valence-corrected chi connectivity index (χ3v) is 8.44. The van der Waals surface area contributed by atoms with E-state index in [2.05, 4.69) is 31.9 Å². The lowest BCUT2D eigenvalue weighted by atomic mass is 9.71. The molecule has 0 radical (unpaired) electrons. The third-order valence-electron chi connectivity index (χ3n) is 7.26. The zero-order chi connectivity index (χ0) is 27.0. The zero-order valence-corrected chi connectivity index (χ0v) is 23.7. The number of halogens is 3. The fourth-order valence-electron chi connectivity index (χ4n) is 5.69. The van der Waals surface area contributed by atoms with Crippen LogP contribution in [0.25, 0.3) is 0 Å². The normalized spacial score (nSPS) is 18.0. The van der Waals surface area contributed by atoms with Crippen LogP contribution < -0.4 is 4.74 Å². The second-order valence-corrected chi connectivity index (χ2v) is 11.4. The van der Waals surface area contributed by atoms with Gasteiger partial charge in [-0.2, -0.15) is 0 Å². The van der Waals surface area contributed by atoms with Crippen LogP contribution in [0, 0.1) is 5.82 Å². The molecule has 198 valence electrons. The number of allylic oxidation sites excluding steroid dienone is 4. The highest BCUT2D eigenvalue weighted by Crippen LogP contribution is 2.50. The number of hydrogen-bond donors (Lipinski definition) is 1. The highest BCUT2D eigenvalue weighted by atomic mass is 79.9. The Morgan fingerprint density at radius 3 is 2.13 bits per heavy atom. The van der Waals surface area contributed by atoms with Gasteiger partial charge < -0.3 is 14.7 Å². The highest BCUT2D eigenvalue weighted by Gasteiger charge is 2.43. The molecule has 5 rings (SSSR count). The van der Waals surface area contributed by atoms with Crippen molar-refractivity contribution in [1.82, 2.24) is 4.90 Å². The maximum Gasteiger partial charge on any atom is 0.305 e. The van der Waals surface area contributed by atoms with Crippen molar-refractivity contribution in [1.29, 1.82) is 0 Å². The van der Waals surface area contributed by atoms with Gasteiger partial charge in [0.05, 0.1) is 15.4 Å². The van der Waals surface area contributed by atoms with Gasteiger partial charge in [-0.15, -0.1) is 0 Å². The van der Waals surface area contributed by atoms with E-state index in [1.165, 1.54) is 12.1 Å². The molecule has 2 aromatic rings. The smallest absolute Gasteiger partial charge is 0.305 e. The van der Waals surface area contributed by atoms with Crippen molar-refractivity contribution >= 4 is 49.4 Å². The summed E-state index contributed by atoms with van der Waals surface area (Å²) in [4.78, 5) is 40.1. The Bertz CT molecular complexity index is 1330. The summed E-state index contributed by atoms with van der Waals surface area (Å²) in [6.07, 6.45) is 3.45. The SMILES string of the molecule is O=C(O)CCN1C2=C(C(=O)CCC2)C(c2cc(Br)c(OCc3cccc(F)c3)c(Br)c2)C2=C1CCCC2=O. The molecule has 6 nitrogen and oxygen atoms in total. The summed E-state index contributed by atoms with van der Waals surface area (Å²) in [5.74, 6) is -1.24. The average Bonchev–Trinajstić information content (AvgIpc) is 2.86. The number of aliphatic carboxylic acids is 1. The van der Waals surface area contributed by atoms with Gasteiger partial charge in [-0.3, -0.25) is 14.4 Å². The molecule has 3 aliphatic rings. The monoisotopic (exact) mass is 645 g/mol. The van der Waals surface area contributed by atoms with Gasteiger partial charge in [0.25, 0.3) is 0 Å². The molecule has 0 saturated carbocycles. The predicted molar refractivity (Wildman–Crippen MR) is 146 cm³/mol. The Balaban J connectivity index is 1.57. The number of ketones is 2. The molecule has 0 amide bonds. The molecule has 2 aromatic carbocycles. The molecule has 2 aliphatic carbocycles. The molecular formula is C29H26Br2FNO5. The molecule has 0 unspecified atom stereocenters. The molecule has 1 aliphatic heterocycles. The Morgan fingerprint density at radius 2 is 1.58 bits per heavy atom. The molecule has 0 aromatic heterocycles. The van der Waals surface area contributed by atoms with Crippen LogP contribution in [0.5, 0.6) is 5.75 Å². The standard InChI is InChI=1S/C29H26Br2FNO5/c30-19-13-17(14-20(31)29(19)38-15-16-4-1-5-18(32)12-16)26-27-21(6-2-8-23(27)34)33(11-10-25(36)37)22-7-3-9-24(35)28(22)26/h1,4-5,12-14,26H,2-3,6-11,15H2,(H,36,37). The van der Waals surface area contributed by atoms with E-state index in [0.29, 0.717) is 69.9 Å². The van der Waals surface area contributed by atoms with E-state index < -0.39 is 11.9 Å². The van der Waals surface area contributed by atoms with E-state index in [1.54, 1.807) is 12.1 Å². The number of carboxylic acid groups (broad SMARTS) is 1. The van der Waals surface area contributed by atoms with E-state index >= 15 is 0 Å². The number of carboxylic acids is 1. The summed E-state index contributed by atoms with van der Waals surface area (Å²) in [6.45, 7) is 0.401. The minimum Gasteiger partial charge on any atom is -0.487 e. The van der Waals surface area contributed by atoms with Crippen molar-refractivity contribution in [2.75, 3.05) is 6.54 Å². The Labute approximate surface area is 236 Å². The lowest BCUT2D eigenvalue weighted by molar-refractivity contribution is -0.137. The van der Waals surface area contributed by atoms with Crippen LogP contribution in [-0.4, -0.2) is 34.1 Å². The quantitative estimate of drug-likeness (QED) is 0.356. The van der Waals surface area contributed by atoms with Crippen molar-refractivity contribution in [3.8, 4) is 5.75 Å². The fraction of sp³-hybridized carbons (Fsp3) is 0.345. The Kier molecular flexibility index (Phi) is 7.86. The summed E-state index contributed by atoms with van der Waals surface area (Å²) >= 11 is 7.21. The molecule has 38 heavy (non-hydrogen) atoms. The Hall–Kier alpha value is -2.78. The van der Waals surface area contributed by atoms with Gasteiger partial charge in [0.15, 0.2) is 11.6 Å². The number of nitrogens with zero attached hydrogens (tertiary/aromatic N) is 1. The van der Waals surface area contributed by atoms with Gasteiger partial charge in [-0.05, 0) is 92.9 Å². The minimum atomic E-state index is -0.914. The van der Waals surface area contributed by atoms with Gasteiger partial charge in [0, 0.05) is 47.8 Å². The van der Waals surface area contributed by atoms with Gasteiger partial charge >= 0.3 is 5.97 Å². The summed E-state index contributed by atoms with van der Waals surface area (Å²) in [6, 6.07) is 9.96. The fourth-order valence-corrected chi connectivity index (χ4v) is 7.14. The number of Topliss-reactive ketones (excluding diaryl/α,β-unsaturated/α-hetero) is 2. The largest absolute Gasteiger partial charge is 0.487 e. The number of rotatable bonds is 7. The van der Waals surface area contributed by atoms with Crippen LogP contribution >= 0.6 is 31.9 Å². The van der Waals surface area contributed by atoms with Crippen LogP contribution in [0.1, 0.15) is 62.0 Å². The molecule has 1 heterocycles. The number of hydrogen-bond acceptors (Lipinski definition) is 5. The molecule has 0 saturated heterocycles. The molecule has 0 fully saturated rings. The first-order valence-electron chi connectivity index (χ1n) is 12.6. The summed E-state index contributed by atoms with van der Waals surface area (Å²) in [5.41, 5.74) is 4.36. The maximum absolute atomic E-state index is 13.6. The Morgan fingerprint density at radius 1 is 0.974 bits per heavy atom. The second kappa shape index (κ2) is 11.1. The first kappa shape index (κ1) is 26.8. The third kappa shape index (κ3) is 5.23. The molecule has 0 bridgehead atoms. The number of benzene rings is 2. The van der Waals surface area contributed by atoms with Crippen LogP contribution in [-0.2, 0) is 21.0 Å². The van der Waals surface area contributed by atoms with Gasteiger partial charge in [-0.1, -0.05) is 12.1 Å². The van der Waals surface area contributed by atoms with Crippen molar-refractivity contribution in [3.05, 3.63) is 84.8 Å². The van der Waals surface area contributed by atoms with Gasteiger partial charge in [0.2, 0.25) is 0 Å². The number of ether oxygens (including phenoxy) is 1. The van der Waals surface area contributed by atoms with E-state index in [1.807, 2.05) is 17.0 Å².